The molecule has 0 unspecified atom stereocenters. The van der Waals surface area contributed by atoms with Crippen molar-refractivity contribution in [1.29, 1.82) is 0 Å². The number of hydrazine groups is 1. The number of ether oxygens (including phenoxy) is 1. The van der Waals surface area contributed by atoms with E-state index in [-0.39, 0.29) is 5.91 Å². The number of aromatic nitrogens is 1. The van der Waals surface area contributed by atoms with E-state index in [0.717, 1.165) is 11.8 Å². The van der Waals surface area contributed by atoms with Crippen LogP contribution in [-0.4, -0.2) is 17.5 Å². The highest BCUT2D eigenvalue weighted by molar-refractivity contribution is 6.07. The SMILES string of the molecule is CCCOc1ccc(C(=O)NN)c2cccnc12. The minimum atomic E-state index is -0.338. The number of pyridine rings is 1. The predicted molar refractivity (Wildman–Crippen MR) is 69.2 cm³/mol. The Morgan fingerprint density at radius 3 is 3.00 bits per heavy atom. The summed E-state index contributed by atoms with van der Waals surface area (Å²) in [5, 5.41) is 0.731. The van der Waals surface area contributed by atoms with Gasteiger partial charge < -0.3 is 4.74 Å². The Hall–Kier alpha value is -2.14. The molecule has 0 radical (unpaired) electrons. The summed E-state index contributed by atoms with van der Waals surface area (Å²) in [6.45, 7) is 2.65. The van der Waals surface area contributed by atoms with Crippen LogP contribution in [0.15, 0.2) is 30.5 Å². The molecule has 0 spiro atoms. The van der Waals surface area contributed by atoms with Crippen molar-refractivity contribution in [1.82, 2.24) is 10.4 Å². The molecule has 0 aliphatic carbocycles. The summed E-state index contributed by atoms with van der Waals surface area (Å²) in [4.78, 5) is 15.9. The standard InChI is InChI=1S/C13H15N3O2/c1-2-8-18-11-6-5-10(13(17)16-14)9-4-3-7-15-12(9)11/h3-7H,2,8,14H2,1H3,(H,16,17). The number of benzene rings is 1. The zero-order valence-corrected chi connectivity index (χ0v) is 10.1. The number of nitrogens with two attached hydrogens (primary N) is 1. The second-order valence-electron chi connectivity index (χ2n) is 3.83. The number of hydrogen-bond acceptors (Lipinski definition) is 4. The van der Waals surface area contributed by atoms with Crippen LogP contribution in [0.25, 0.3) is 10.9 Å². The number of amides is 1. The lowest BCUT2D eigenvalue weighted by molar-refractivity contribution is 0.0955. The molecular weight excluding hydrogens is 230 g/mol. The monoisotopic (exact) mass is 245 g/mol. The van der Waals surface area contributed by atoms with Crippen molar-refractivity contribution in [3.05, 3.63) is 36.0 Å². The highest BCUT2D eigenvalue weighted by atomic mass is 16.5. The minimum absolute atomic E-state index is 0.338. The van der Waals surface area contributed by atoms with Crippen LogP contribution in [0, 0.1) is 0 Å². The van der Waals surface area contributed by atoms with Crippen molar-refractivity contribution >= 4 is 16.8 Å². The second kappa shape index (κ2) is 5.46. The summed E-state index contributed by atoms with van der Waals surface area (Å²) in [7, 11) is 0. The molecule has 3 N–H and O–H groups in total. The van der Waals surface area contributed by atoms with Gasteiger partial charge in [-0.3, -0.25) is 15.2 Å². The summed E-state index contributed by atoms with van der Waals surface area (Å²) < 4.78 is 5.61. The van der Waals surface area contributed by atoms with Crippen LogP contribution in [0.1, 0.15) is 23.7 Å². The highest BCUT2D eigenvalue weighted by Gasteiger charge is 2.12. The zero-order chi connectivity index (χ0) is 13.0. The average Bonchev–Trinajstić information content (AvgIpc) is 2.43. The van der Waals surface area contributed by atoms with E-state index in [2.05, 4.69) is 10.4 Å². The lowest BCUT2D eigenvalue weighted by atomic mass is 10.1. The molecular formula is C13H15N3O2. The van der Waals surface area contributed by atoms with Crippen LogP contribution in [0.2, 0.25) is 0 Å². The fourth-order valence-corrected chi connectivity index (χ4v) is 1.75. The highest BCUT2D eigenvalue weighted by Crippen LogP contribution is 2.26. The number of hydrogen-bond donors (Lipinski definition) is 2. The lowest BCUT2D eigenvalue weighted by Crippen LogP contribution is -2.30. The zero-order valence-electron chi connectivity index (χ0n) is 10.1. The molecule has 0 fully saturated rings. The van der Waals surface area contributed by atoms with E-state index in [9.17, 15) is 4.79 Å². The van der Waals surface area contributed by atoms with Gasteiger partial charge >= 0.3 is 0 Å². The van der Waals surface area contributed by atoms with E-state index in [1.807, 2.05) is 13.0 Å². The first kappa shape index (κ1) is 12.3. The summed E-state index contributed by atoms with van der Waals surface area (Å²) in [6.07, 6.45) is 2.59. The van der Waals surface area contributed by atoms with Gasteiger partial charge in [0.15, 0.2) is 0 Å². The molecule has 0 saturated carbocycles. The van der Waals surface area contributed by atoms with Crippen molar-refractivity contribution in [2.45, 2.75) is 13.3 Å². The molecule has 1 aromatic heterocycles. The predicted octanol–water partition coefficient (Wildman–Crippen LogP) is 1.63. The normalized spacial score (nSPS) is 10.3. The molecule has 94 valence electrons. The van der Waals surface area contributed by atoms with Gasteiger partial charge in [-0.05, 0) is 24.6 Å². The van der Waals surface area contributed by atoms with Crippen molar-refractivity contribution in [3.63, 3.8) is 0 Å². The minimum Gasteiger partial charge on any atom is -0.491 e. The molecule has 0 atom stereocenters. The van der Waals surface area contributed by atoms with Crippen molar-refractivity contribution in [3.8, 4) is 5.75 Å². The molecule has 5 heteroatoms. The maximum Gasteiger partial charge on any atom is 0.265 e. The number of nitrogens with zero attached hydrogens (tertiary/aromatic N) is 1. The van der Waals surface area contributed by atoms with Crippen LogP contribution >= 0.6 is 0 Å². The fraction of sp³-hybridized carbons (Fsp3) is 0.231. The molecule has 2 aromatic rings. The Morgan fingerprint density at radius 2 is 2.28 bits per heavy atom. The molecule has 0 bridgehead atoms. The molecule has 1 aromatic carbocycles. The third kappa shape index (κ3) is 2.26. The first-order valence-corrected chi connectivity index (χ1v) is 5.79. The van der Waals surface area contributed by atoms with E-state index in [1.165, 1.54) is 0 Å². The first-order chi connectivity index (χ1) is 8.77. The molecule has 5 nitrogen and oxygen atoms in total. The first-order valence-electron chi connectivity index (χ1n) is 5.79. The van der Waals surface area contributed by atoms with Gasteiger partial charge in [0.2, 0.25) is 0 Å². The summed E-state index contributed by atoms with van der Waals surface area (Å²) in [6, 6.07) is 7.04. The van der Waals surface area contributed by atoms with Gasteiger partial charge in [-0.25, -0.2) is 5.84 Å². The van der Waals surface area contributed by atoms with Crippen LogP contribution < -0.4 is 16.0 Å². The number of rotatable bonds is 4. The number of nitrogen functional groups attached to an aromatic ring is 1. The van der Waals surface area contributed by atoms with Crippen LogP contribution in [-0.2, 0) is 0 Å². The molecule has 0 saturated heterocycles. The Morgan fingerprint density at radius 1 is 1.44 bits per heavy atom. The maximum absolute atomic E-state index is 11.6. The van der Waals surface area contributed by atoms with Crippen molar-refractivity contribution in [2.75, 3.05) is 6.61 Å². The second-order valence-corrected chi connectivity index (χ2v) is 3.83. The lowest BCUT2D eigenvalue weighted by Gasteiger charge is -2.10. The van der Waals surface area contributed by atoms with Crippen molar-refractivity contribution in [2.24, 2.45) is 5.84 Å². The molecule has 1 amide bonds. The third-order valence-corrected chi connectivity index (χ3v) is 2.57. The van der Waals surface area contributed by atoms with Crippen LogP contribution in [0.4, 0.5) is 0 Å². The number of carbonyl (C=O) groups excluding carboxylic acids is 1. The van der Waals surface area contributed by atoms with E-state index in [0.29, 0.717) is 23.4 Å². The van der Waals surface area contributed by atoms with Gasteiger partial charge in [0.1, 0.15) is 11.3 Å². The third-order valence-electron chi connectivity index (χ3n) is 2.57. The van der Waals surface area contributed by atoms with Crippen LogP contribution in [0.5, 0.6) is 5.75 Å². The fourth-order valence-electron chi connectivity index (χ4n) is 1.75. The Kier molecular flexibility index (Phi) is 3.74. The van der Waals surface area contributed by atoms with Gasteiger partial charge in [0.25, 0.3) is 5.91 Å². The molecule has 0 aliphatic rings. The van der Waals surface area contributed by atoms with E-state index in [1.54, 1.807) is 24.4 Å². The van der Waals surface area contributed by atoms with Gasteiger partial charge in [0, 0.05) is 11.6 Å². The van der Waals surface area contributed by atoms with Gasteiger partial charge in [-0.1, -0.05) is 13.0 Å². The van der Waals surface area contributed by atoms with E-state index in [4.69, 9.17) is 10.6 Å². The molecule has 18 heavy (non-hydrogen) atoms. The van der Waals surface area contributed by atoms with E-state index < -0.39 is 0 Å². The van der Waals surface area contributed by atoms with Gasteiger partial charge in [-0.2, -0.15) is 0 Å². The molecule has 2 rings (SSSR count). The topological polar surface area (TPSA) is 77.2 Å². The maximum atomic E-state index is 11.6. The van der Waals surface area contributed by atoms with Crippen molar-refractivity contribution < 1.29 is 9.53 Å². The van der Waals surface area contributed by atoms with E-state index >= 15 is 0 Å². The van der Waals surface area contributed by atoms with Gasteiger partial charge in [0.05, 0.1) is 12.2 Å². The largest absolute Gasteiger partial charge is 0.491 e. The summed E-state index contributed by atoms with van der Waals surface area (Å²) in [5.41, 5.74) is 3.29. The Labute approximate surface area is 105 Å². The number of carbonyl (C=O) groups is 1. The summed E-state index contributed by atoms with van der Waals surface area (Å²) >= 11 is 0. The number of fused-ring (bicyclic) bond motifs is 1. The smallest absolute Gasteiger partial charge is 0.265 e. The molecule has 1 heterocycles. The average molecular weight is 245 g/mol. The Balaban J connectivity index is 2.55. The van der Waals surface area contributed by atoms with Crippen LogP contribution in [0.3, 0.4) is 0 Å². The number of nitrogens with one attached hydrogen (secondary N) is 1. The Bertz CT molecular complexity index is 569. The van der Waals surface area contributed by atoms with Gasteiger partial charge in [-0.15, -0.1) is 0 Å². The summed E-state index contributed by atoms with van der Waals surface area (Å²) in [5.74, 6) is 5.51. The molecule has 0 aliphatic heterocycles. The quantitative estimate of drug-likeness (QED) is 0.487.